The fourth-order valence-electron chi connectivity index (χ4n) is 6.15. The minimum Gasteiger partial charge on any atom is -0.492 e. The Kier molecular flexibility index (Phi) is 19.6. The maximum Gasteiger partial charge on any atom is 0.337 e. The molecule has 0 bridgehead atoms. The molecule has 5 rings (SSSR count). The quantitative estimate of drug-likeness (QED) is 0.0442. The lowest BCUT2D eigenvalue weighted by atomic mass is 10.0. The summed E-state index contributed by atoms with van der Waals surface area (Å²) in [5.41, 5.74) is 3.12. The Labute approximate surface area is 374 Å². The number of ether oxygens (including phenoxy) is 5. The van der Waals surface area contributed by atoms with E-state index in [0.29, 0.717) is 109 Å². The van der Waals surface area contributed by atoms with Crippen molar-refractivity contribution in [3.05, 3.63) is 81.4 Å². The molecule has 0 saturated heterocycles. The van der Waals surface area contributed by atoms with Gasteiger partial charge in [0.2, 0.25) is 17.7 Å². The van der Waals surface area contributed by atoms with E-state index >= 15 is 0 Å². The van der Waals surface area contributed by atoms with Crippen molar-refractivity contribution in [2.45, 2.75) is 32.6 Å². The van der Waals surface area contributed by atoms with Crippen molar-refractivity contribution in [1.82, 2.24) is 20.9 Å². The summed E-state index contributed by atoms with van der Waals surface area (Å²) in [6.07, 6.45) is 2.58. The van der Waals surface area contributed by atoms with Gasteiger partial charge in [0.1, 0.15) is 18.2 Å². The molecule has 2 heterocycles. The molecule has 19 heteroatoms. The van der Waals surface area contributed by atoms with Crippen molar-refractivity contribution in [3.8, 4) is 16.9 Å². The van der Waals surface area contributed by atoms with Gasteiger partial charge >= 0.3 is 5.97 Å². The molecule has 62 heavy (non-hydrogen) atoms. The minimum absolute atomic E-state index is 0.0270. The number of carboxylic acids is 1. The lowest BCUT2D eigenvalue weighted by molar-refractivity contribution is -0.123. The van der Waals surface area contributed by atoms with Gasteiger partial charge in [0.05, 0.1) is 92.3 Å². The number of amidine groups is 1. The summed E-state index contributed by atoms with van der Waals surface area (Å²) >= 11 is 18.6. The van der Waals surface area contributed by atoms with Crippen molar-refractivity contribution in [2.24, 2.45) is 11.0 Å². The minimum atomic E-state index is -1.02. The molecule has 334 valence electrons. The molecule has 1 aromatic heterocycles. The number of carboxylic acid groups (broad SMARTS) is 1. The van der Waals surface area contributed by atoms with Gasteiger partial charge in [0, 0.05) is 54.4 Å². The van der Waals surface area contributed by atoms with Crippen LogP contribution in [0.25, 0.3) is 22.0 Å². The van der Waals surface area contributed by atoms with E-state index in [1.165, 1.54) is 6.20 Å². The van der Waals surface area contributed by atoms with Crippen molar-refractivity contribution in [1.29, 1.82) is 0 Å². The van der Waals surface area contributed by atoms with Gasteiger partial charge in [-0.3, -0.25) is 19.4 Å². The van der Waals surface area contributed by atoms with E-state index in [4.69, 9.17) is 58.5 Å². The number of benzene rings is 3. The number of fused-ring (bicyclic) bond motifs is 1. The summed E-state index contributed by atoms with van der Waals surface area (Å²) in [5, 5.41) is 26.2. The summed E-state index contributed by atoms with van der Waals surface area (Å²) < 4.78 is 27.6. The van der Waals surface area contributed by atoms with E-state index in [2.05, 4.69) is 26.0 Å². The van der Waals surface area contributed by atoms with Crippen molar-refractivity contribution < 1.29 is 48.0 Å². The van der Waals surface area contributed by atoms with E-state index in [-0.39, 0.29) is 68.3 Å². The maximum absolute atomic E-state index is 12.5. The average molecular weight is 918 g/mol. The van der Waals surface area contributed by atoms with E-state index in [1.807, 2.05) is 25.1 Å². The van der Waals surface area contributed by atoms with Gasteiger partial charge in [-0.25, -0.2) is 4.79 Å². The van der Waals surface area contributed by atoms with Gasteiger partial charge in [-0.05, 0) is 54.4 Å². The first kappa shape index (κ1) is 48.1. The molecular formula is C43H51Cl3N6O10. The summed E-state index contributed by atoms with van der Waals surface area (Å²) in [6, 6.07) is 16.0. The fourth-order valence-corrected chi connectivity index (χ4v) is 6.72. The Balaban J connectivity index is 0.779. The maximum atomic E-state index is 12.5. The number of amides is 3. The molecule has 4 aromatic rings. The predicted octanol–water partition coefficient (Wildman–Crippen LogP) is 6.32. The van der Waals surface area contributed by atoms with Gasteiger partial charge in [0.25, 0.3) is 0 Å². The van der Waals surface area contributed by atoms with Crippen LogP contribution in [0.2, 0.25) is 15.1 Å². The van der Waals surface area contributed by atoms with Gasteiger partial charge in [0.15, 0.2) is 0 Å². The first-order valence-corrected chi connectivity index (χ1v) is 21.3. The lowest BCUT2D eigenvalue weighted by Gasteiger charge is -2.14. The SMILES string of the molecule is CC1CN(c2ccc(Cl)c(Cl)c2)N=C1NC(=O)CCCNC(=O)CCOCCOCCOCCOCCC(=O)NCCOc1ccc(-c2cc3c(C(=O)O)c[nH]c3cc2Cl)cc1. The molecule has 3 aromatic carbocycles. The third-order valence-electron chi connectivity index (χ3n) is 9.43. The molecule has 0 saturated carbocycles. The highest BCUT2D eigenvalue weighted by Crippen LogP contribution is 2.34. The molecule has 0 spiro atoms. The van der Waals surface area contributed by atoms with Crippen LogP contribution in [0.5, 0.6) is 5.75 Å². The van der Waals surface area contributed by atoms with E-state index in [0.717, 1.165) is 11.3 Å². The van der Waals surface area contributed by atoms with Crippen LogP contribution < -0.4 is 25.7 Å². The molecule has 1 atom stereocenters. The number of nitrogens with zero attached hydrogens (tertiary/aromatic N) is 2. The fraction of sp³-hybridized carbons (Fsp3) is 0.419. The standard InChI is InChI=1S/C43H51Cl3N6O10/c1-28-27-52(30-6-9-35(44)37(46)23-30)51-42(28)50-41(55)3-2-12-47-39(53)10-14-58-17-19-60-21-22-61-20-18-59-15-11-40(54)48-13-16-62-31-7-4-29(5-8-31)32-24-33-34(43(56)57)26-49-38(33)25-36(32)45/h4-9,23-26,28,49H,2-3,10-22,27H2,1H3,(H,47,53)(H,48,54)(H,56,57)(H,50,51,55). The number of hydrogen-bond acceptors (Lipinski definition) is 11. The molecule has 1 aliphatic heterocycles. The number of carbonyl (C=O) groups is 4. The number of carbonyl (C=O) groups excluding carboxylic acids is 3. The number of aromatic carboxylic acids is 1. The zero-order valence-electron chi connectivity index (χ0n) is 34.3. The van der Waals surface area contributed by atoms with Gasteiger partial charge in [-0.2, -0.15) is 5.10 Å². The third-order valence-corrected chi connectivity index (χ3v) is 10.5. The van der Waals surface area contributed by atoms with Crippen LogP contribution in [0.4, 0.5) is 5.69 Å². The largest absolute Gasteiger partial charge is 0.492 e. The number of H-pyrrole nitrogens is 1. The smallest absolute Gasteiger partial charge is 0.337 e. The van der Waals surface area contributed by atoms with Crippen LogP contribution in [0.1, 0.15) is 43.0 Å². The molecule has 0 aliphatic carbocycles. The summed E-state index contributed by atoms with van der Waals surface area (Å²) in [6.45, 7) is 6.20. The van der Waals surface area contributed by atoms with Crippen LogP contribution in [0.3, 0.4) is 0 Å². The normalized spacial score (nSPS) is 13.6. The second kappa shape index (κ2) is 25.2. The molecule has 1 unspecified atom stereocenters. The first-order valence-electron chi connectivity index (χ1n) is 20.2. The molecule has 16 nitrogen and oxygen atoms in total. The lowest BCUT2D eigenvalue weighted by Crippen LogP contribution is -2.34. The molecule has 3 amide bonds. The summed E-state index contributed by atoms with van der Waals surface area (Å²) in [5.74, 6) is -0.279. The number of halogens is 3. The Morgan fingerprint density at radius 1 is 0.742 bits per heavy atom. The van der Waals surface area contributed by atoms with E-state index in [1.54, 1.807) is 41.4 Å². The Morgan fingerprint density at radius 3 is 2.00 bits per heavy atom. The number of nitrogens with one attached hydrogen (secondary N) is 4. The third kappa shape index (κ3) is 15.4. The van der Waals surface area contributed by atoms with E-state index < -0.39 is 5.97 Å². The van der Waals surface area contributed by atoms with Crippen LogP contribution in [0.15, 0.2) is 65.9 Å². The van der Waals surface area contributed by atoms with Gasteiger partial charge in [-0.15, -0.1) is 0 Å². The summed E-state index contributed by atoms with van der Waals surface area (Å²) in [4.78, 5) is 51.2. The number of hydrazone groups is 1. The highest BCUT2D eigenvalue weighted by molar-refractivity contribution is 6.42. The Morgan fingerprint density at radius 2 is 1.37 bits per heavy atom. The number of aromatic nitrogens is 1. The Bertz CT molecular complexity index is 2150. The molecule has 0 radical (unpaired) electrons. The van der Waals surface area contributed by atoms with Gasteiger partial charge < -0.3 is 49.7 Å². The predicted molar refractivity (Wildman–Crippen MR) is 238 cm³/mol. The second-order valence-corrected chi connectivity index (χ2v) is 15.3. The van der Waals surface area contributed by atoms with Crippen LogP contribution in [-0.4, -0.2) is 119 Å². The molecule has 1 aliphatic rings. The average Bonchev–Trinajstić information content (AvgIpc) is 3.84. The second-order valence-electron chi connectivity index (χ2n) is 14.1. The highest BCUT2D eigenvalue weighted by Gasteiger charge is 2.25. The van der Waals surface area contributed by atoms with Crippen LogP contribution in [-0.2, 0) is 33.3 Å². The highest BCUT2D eigenvalue weighted by atomic mass is 35.5. The topological polar surface area (TPSA) is 202 Å². The Hall–Kier alpha value is -4.94. The van der Waals surface area contributed by atoms with Crippen molar-refractivity contribution in [2.75, 3.05) is 84.1 Å². The van der Waals surface area contributed by atoms with E-state index in [9.17, 15) is 24.3 Å². The van der Waals surface area contributed by atoms with Crippen LogP contribution >= 0.6 is 34.8 Å². The van der Waals surface area contributed by atoms with Gasteiger partial charge in [-0.1, -0.05) is 53.9 Å². The zero-order chi connectivity index (χ0) is 44.3. The van der Waals surface area contributed by atoms with Crippen molar-refractivity contribution in [3.63, 3.8) is 0 Å². The molecule has 0 fully saturated rings. The number of anilines is 1. The summed E-state index contributed by atoms with van der Waals surface area (Å²) in [7, 11) is 0. The first-order chi connectivity index (χ1) is 30.0. The number of aromatic amines is 1. The molecule has 5 N–H and O–H groups in total. The number of hydrogen-bond donors (Lipinski definition) is 5. The number of rotatable bonds is 26. The van der Waals surface area contributed by atoms with Crippen molar-refractivity contribution >= 4 is 80.9 Å². The zero-order valence-corrected chi connectivity index (χ0v) is 36.6. The van der Waals surface area contributed by atoms with Crippen LogP contribution in [0, 0.1) is 5.92 Å². The monoisotopic (exact) mass is 916 g/mol. The molecular weight excluding hydrogens is 867 g/mol.